The van der Waals surface area contributed by atoms with Gasteiger partial charge in [-0.1, -0.05) is 154 Å². The quantitative estimate of drug-likeness (QED) is 0.158. The zero-order valence-electron chi connectivity index (χ0n) is 36.5. The van der Waals surface area contributed by atoms with Crippen LogP contribution in [0.4, 0.5) is 0 Å². The van der Waals surface area contributed by atoms with Crippen LogP contribution in [0.15, 0.2) is 71.8 Å². The highest BCUT2D eigenvalue weighted by molar-refractivity contribution is 7.09. The lowest BCUT2D eigenvalue weighted by Gasteiger charge is -2.34. The van der Waals surface area contributed by atoms with Gasteiger partial charge in [-0.25, -0.2) is 0 Å². The number of aryl methyl sites for hydroxylation is 2. The first kappa shape index (κ1) is 38.5. The Hall–Kier alpha value is -3.42. The minimum Gasteiger partial charge on any atom is -0.0653 e. The molecule has 8 rings (SSSR count). The topological polar surface area (TPSA) is 0 Å². The van der Waals surface area contributed by atoms with E-state index in [-0.39, 0.29) is 10.8 Å². The zero-order chi connectivity index (χ0) is 39.2. The molecular weight excluding hydrogens is 677 g/mol. The van der Waals surface area contributed by atoms with E-state index in [0.29, 0.717) is 11.8 Å². The molecule has 288 valence electrons. The van der Waals surface area contributed by atoms with Gasteiger partial charge in [0.25, 0.3) is 0 Å². The second kappa shape index (κ2) is 13.9. The second-order valence-electron chi connectivity index (χ2n) is 21.3. The fourth-order valence-corrected chi connectivity index (χ4v) is 15.6. The minimum atomic E-state index is -2.32. The Balaban J connectivity index is 1.39. The number of rotatable bonds is 8. The van der Waals surface area contributed by atoms with E-state index in [2.05, 4.69) is 143 Å². The molecule has 0 amide bonds. The summed E-state index contributed by atoms with van der Waals surface area (Å²) < 4.78 is 0. The van der Waals surface area contributed by atoms with Gasteiger partial charge in [-0.2, -0.15) is 0 Å². The van der Waals surface area contributed by atoms with Crippen molar-refractivity contribution in [1.29, 1.82) is 0 Å². The summed E-state index contributed by atoms with van der Waals surface area (Å²) in [5, 5.41) is 3.58. The fraction of sp³-hybridized carbons (Fsp3) is 0.481. The molecule has 0 saturated heterocycles. The van der Waals surface area contributed by atoms with Crippen LogP contribution in [0.3, 0.4) is 0 Å². The van der Waals surface area contributed by atoms with Crippen LogP contribution in [0.1, 0.15) is 151 Å². The van der Waals surface area contributed by atoms with E-state index in [4.69, 9.17) is 0 Å². The van der Waals surface area contributed by atoms with Crippen LogP contribution >= 0.6 is 0 Å². The van der Waals surface area contributed by atoms with Crippen molar-refractivity contribution < 1.29 is 0 Å². The standard InChI is InChI=1S/C54H68Si/c1-33(2)27-41-31-39-29-37-15-13-17-45(37)47(35-19-23-43(24-20-35)53(5,6)7)49(39)51(41)55(11,12)52-42(28-34(3)4)32-40-30-38-16-14-18-46(38)48(50(40)52)36-21-25-44(26-22-36)54(8,9)10/h19-26,29-30,33-34H,13-18,27-28,31-32H2,1-12H3. The largest absolute Gasteiger partial charge is 0.113 e. The average molecular weight is 745 g/mol. The molecule has 0 radical (unpaired) electrons. The Kier molecular flexibility index (Phi) is 9.72. The number of hydrogen-bond donors (Lipinski definition) is 0. The molecule has 0 N–H and O–H groups in total. The van der Waals surface area contributed by atoms with Gasteiger partial charge in [0.2, 0.25) is 0 Å². The fourth-order valence-electron chi connectivity index (χ4n) is 11.3. The molecular formula is C54H68Si. The Bertz CT molecular complexity index is 2060. The third-order valence-electron chi connectivity index (χ3n) is 13.6. The van der Waals surface area contributed by atoms with Crippen LogP contribution in [0.2, 0.25) is 13.1 Å². The molecule has 0 heterocycles. The van der Waals surface area contributed by atoms with Crippen molar-refractivity contribution >= 4 is 18.5 Å². The van der Waals surface area contributed by atoms with Gasteiger partial charge in [-0.3, -0.25) is 0 Å². The first-order valence-electron chi connectivity index (χ1n) is 22.0. The third kappa shape index (κ3) is 6.79. The van der Waals surface area contributed by atoms with Gasteiger partial charge in [0.05, 0.1) is 0 Å². The molecule has 0 spiro atoms. The normalized spacial score (nSPS) is 16.8. The number of benzene rings is 4. The van der Waals surface area contributed by atoms with E-state index in [1.54, 1.807) is 77.2 Å². The summed E-state index contributed by atoms with van der Waals surface area (Å²) in [6, 6.07) is 25.0. The van der Waals surface area contributed by atoms with E-state index in [9.17, 15) is 0 Å². The van der Waals surface area contributed by atoms with Crippen molar-refractivity contribution in [3.63, 3.8) is 0 Å². The molecule has 4 aromatic rings. The molecule has 0 aliphatic heterocycles. The summed E-state index contributed by atoms with van der Waals surface area (Å²) >= 11 is 0. The maximum absolute atomic E-state index is 2.78. The average Bonchev–Trinajstić information content (AvgIpc) is 3.90. The maximum atomic E-state index is 2.78. The first-order valence-corrected chi connectivity index (χ1v) is 25.0. The highest BCUT2D eigenvalue weighted by atomic mass is 28.3. The van der Waals surface area contributed by atoms with E-state index in [1.807, 2.05) is 0 Å². The zero-order valence-corrected chi connectivity index (χ0v) is 37.5. The predicted molar refractivity (Wildman–Crippen MR) is 243 cm³/mol. The van der Waals surface area contributed by atoms with Gasteiger partial charge in [0, 0.05) is 0 Å². The summed E-state index contributed by atoms with van der Waals surface area (Å²) in [5.41, 5.74) is 25.8. The van der Waals surface area contributed by atoms with Gasteiger partial charge < -0.3 is 0 Å². The molecule has 0 nitrogen and oxygen atoms in total. The van der Waals surface area contributed by atoms with Crippen LogP contribution in [0.5, 0.6) is 0 Å². The lowest BCUT2D eigenvalue weighted by Crippen LogP contribution is -2.32. The molecule has 0 unspecified atom stereocenters. The van der Waals surface area contributed by atoms with E-state index >= 15 is 0 Å². The van der Waals surface area contributed by atoms with Crippen LogP contribution in [0.25, 0.3) is 32.6 Å². The van der Waals surface area contributed by atoms with Crippen molar-refractivity contribution in [1.82, 2.24) is 0 Å². The second-order valence-corrected chi connectivity index (χ2v) is 25.6. The lowest BCUT2D eigenvalue weighted by molar-refractivity contribution is 0.590. The molecule has 0 bridgehead atoms. The smallest absolute Gasteiger partial charge is 0.0653 e. The van der Waals surface area contributed by atoms with E-state index < -0.39 is 8.07 Å². The van der Waals surface area contributed by atoms with Crippen molar-refractivity contribution in [2.24, 2.45) is 11.8 Å². The van der Waals surface area contributed by atoms with Crippen molar-refractivity contribution in [3.05, 3.63) is 127 Å². The maximum Gasteiger partial charge on any atom is 0.113 e. The van der Waals surface area contributed by atoms with Gasteiger partial charge in [-0.15, -0.1) is 0 Å². The van der Waals surface area contributed by atoms with Crippen molar-refractivity contribution in [2.75, 3.05) is 0 Å². The van der Waals surface area contributed by atoms with Crippen molar-refractivity contribution in [2.45, 2.75) is 157 Å². The molecule has 4 aliphatic rings. The molecule has 1 heteroatoms. The summed E-state index contributed by atoms with van der Waals surface area (Å²) in [6.07, 6.45) is 12.1. The summed E-state index contributed by atoms with van der Waals surface area (Å²) in [7, 11) is -2.32. The van der Waals surface area contributed by atoms with E-state index in [1.165, 1.54) is 73.6 Å². The van der Waals surface area contributed by atoms with Gasteiger partial charge in [-0.05, 0) is 175 Å². The summed E-state index contributed by atoms with van der Waals surface area (Å²) in [6.45, 7) is 29.4. The van der Waals surface area contributed by atoms with Crippen molar-refractivity contribution in [3.8, 4) is 22.3 Å². The molecule has 0 atom stereocenters. The monoisotopic (exact) mass is 745 g/mol. The molecule has 4 aromatic carbocycles. The highest BCUT2D eigenvalue weighted by Gasteiger charge is 2.45. The van der Waals surface area contributed by atoms with Gasteiger partial charge in [0.15, 0.2) is 0 Å². The Morgan fingerprint density at radius 3 is 1.18 bits per heavy atom. The molecule has 0 fully saturated rings. The SMILES string of the molecule is CC(C)CC1=C([Si](C)(C)C2=C(CC(C)C)Cc3cc4c(c(-c5ccc(C(C)(C)C)cc5)c32)CCC4)c2c(cc3c(c2-c2ccc(C(C)(C)C)cc2)CCC3)C1. The first-order chi connectivity index (χ1) is 25.9. The van der Waals surface area contributed by atoms with Crippen LogP contribution in [0, 0.1) is 11.8 Å². The Morgan fingerprint density at radius 2 is 0.855 bits per heavy atom. The number of allylic oxidation sites excluding steroid dienone is 2. The third-order valence-corrected chi connectivity index (χ3v) is 17.3. The van der Waals surface area contributed by atoms with Crippen LogP contribution in [-0.2, 0) is 49.4 Å². The summed E-state index contributed by atoms with van der Waals surface area (Å²) in [4.78, 5) is 0. The molecule has 4 aliphatic carbocycles. The highest BCUT2D eigenvalue weighted by Crippen LogP contribution is 2.56. The van der Waals surface area contributed by atoms with Crippen LogP contribution < -0.4 is 0 Å². The van der Waals surface area contributed by atoms with E-state index in [0.717, 1.165) is 12.8 Å². The van der Waals surface area contributed by atoms with Gasteiger partial charge >= 0.3 is 0 Å². The van der Waals surface area contributed by atoms with Gasteiger partial charge in [0.1, 0.15) is 8.07 Å². The molecule has 0 aromatic heterocycles. The summed E-state index contributed by atoms with van der Waals surface area (Å²) in [5.74, 6) is 1.26. The number of fused-ring (bicyclic) bond motifs is 4. The molecule has 0 saturated carbocycles. The minimum absolute atomic E-state index is 0.142. The predicted octanol–water partition coefficient (Wildman–Crippen LogP) is 14.8. The number of hydrogen-bond acceptors (Lipinski definition) is 0. The molecule has 55 heavy (non-hydrogen) atoms. The Labute approximate surface area is 336 Å². The van der Waals surface area contributed by atoms with Crippen LogP contribution in [-0.4, -0.2) is 8.07 Å². The lowest BCUT2D eigenvalue weighted by atomic mass is 9.84. The Morgan fingerprint density at radius 1 is 0.491 bits per heavy atom.